The van der Waals surface area contributed by atoms with Crippen LogP contribution in [0, 0.1) is 6.92 Å². The van der Waals surface area contributed by atoms with E-state index in [9.17, 15) is 9.90 Å². The molecule has 0 aliphatic rings. The molecular weight excluding hydrogens is 220 g/mol. The Morgan fingerprint density at radius 1 is 1.31 bits per heavy atom. The average Bonchev–Trinajstić information content (AvgIpc) is 2.82. The maximum Gasteiger partial charge on any atom is 0.179 e. The molecule has 16 heavy (non-hydrogen) atoms. The number of aldehydes is 1. The van der Waals surface area contributed by atoms with Gasteiger partial charge in [-0.15, -0.1) is 11.3 Å². The lowest BCUT2D eigenvalue weighted by Crippen LogP contribution is -2.27. The highest BCUT2D eigenvalue weighted by molar-refractivity contribution is 7.10. The van der Waals surface area contributed by atoms with Crippen molar-refractivity contribution >= 4 is 17.6 Å². The fourth-order valence-electron chi connectivity index (χ4n) is 1.65. The Balaban J connectivity index is 2.54. The number of hydrogen-bond acceptors (Lipinski definition) is 3. The van der Waals surface area contributed by atoms with Crippen molar-refractivity contribution in [2.24, 2.45) is 0 Å². The second-order valence-corrected chi connectivity index (χ2v) is 4.68. The van der Waals surface area contributed by atoms with Gasteiger partial charge in [-0.1, -0.05) is 35.9 Å². The summed E-state index contributed by atoms with van der Waals surface area (Å²) in [4.78, 5) is 11.8. The molecule has 0 bridgehead atoms. The molecular formula is C13H12O2S. The third-order valence-corrected chi connectivity index (χ3v) is 3.52. The summed E-state index contributed by atoms with van der Waals surface area (Å²) >= 11 is 1.37. The zero-order valence-corrected chi connectivity index (χ0v) is 9.70. The highest BCUT2D eigenvalue weighted by Crippen LogP contribution is 2.31. The molecule has 82 valence electrons. The van der Waals surface area contributed by atoms with Crippen LogP contribution in [0.2, 0.25) is 0 Å². The predicted molar refractivity (Wildman–Crippen MR) is 64.6 cm³/mol. The third kappa shape index (κ3) is 1.79. The summed E-state index contributed by atoms with van der Waals surface area (Å²) in [5.41, 5.74) is 0.125. The summed E-state index contributed by atoms with van der Waals surface area (Å²) < 4.78 is 0. The quantitative estimate of drug-likeness (QED) is 0.825. The number of thiophene rings is 1. The van der Waals surface area contributed by atoms with E-state index < -0.39 is 5.60 Å². The van der Waals surface area contributed by atoms with Crippen molar-refractivity contribution in [2.75, 3.05) is 0 Å². The minimum atomic E-state index is -1.51. The summed E-state index contributed by atoms with van der Waals surface area (Å²) in [5, 5.41) is 12.3. The average molecular weight is 232 g/mol. The third-order valence-electron chi connectivity index (χ3n) is 2.53. The Bertz CT molecular complexity index is 490. The standard InChI is InChI=1S/C13H12O2S/c1-10-4-2-5-11(8-10)13(15,9-14)12-6-3-7-16-12/h2-9,15H,1H3. The fourth-order valence-corrected chi connectivity index (χ4v) is 2.45. The highest BCUT2D eigenvalue weighted by Gasteiger charge is 2.32. The van der Waals surface area contributed by atoms with Crippen molar-refractivity contribution in [3.63, 3.8) is 0 Å². The molecule has 1 aromatic carbocycles. The van der Waals surface area contributed by atoms with Gasteiger partial charge < -0.3 is 5.11 Å². The van der Waals surface area contributed by atoms with Crippen LogP contribution in [0.1, 0.15) is 16.0 Å². The van der Waals surface area contributed by atoms with E-state index >= 15 is 0 Å². The summed E-state index contributed by atoms with van der Waals surface area (Å²) in [6.45, 7) is 1.93. The van der Waals surface area contributed by atoms with E-state index in [1.165, 1.54) is 11.3 Å². The van der Waals surface area contributed by atoms with Gasteiger partial charge in [0, 0.05) is 4.88 Å². The first kappa shape index (κ1) is 11.0. The first-order valence-corrected chi connectivity index (χ1v) is 5.84. The van der Waals surface area contributed by atoms with Gasteiger partial charge in [-0.2, -0.15) is 0 Å². The topological polar surface area (TPSA) is 37.3 Å². The van der Waals surface area contributed by atoms with Gasteiger partial charge in [-0.3, -0.25) is 4.79 Å². The van der Waals surface area contributed by atoms with Gasteiger partial charge in [0.1, 0.15) is 0 Å². The second-order valence-electron chi connectivity index (χ2n) is 3.73. The number of hydrogen-bond donors (Lipinski definition) is 1. The van der Waals surface area contributed by atoms with Crippen molar-refractivity contribution < 1.29 is 9.90 Å². The molecule has 3 heteroatoms. The van der Waals surface area contributed by atoms with Gasteiger partial charge in [0.05, 0.1) is 0 Å². The van der Waals surface area contributed by atoms with Crippen LogP contribution in [0.15, 0.2) is 41.8 Å². The molecule has 2 nitrogen and oxygen atoms in total. The Kier molecular flexibility index (Phi) is 2.90. The van der Waals surface area contributed by atoms with E-state index in [4.69, 9.17) is 0 Å². The first-order chi connectivity index (χ1) is 7.66. The maximum atomic E-state index is 11.2. The van der Waals surface area contributed by atoms with Crippen LogP contribution in [-0.2, 0) is 10.4 Å². The molecule has 0 radical (unpaired) electrons. The van der Waals surface area contributed by atoms with Crippen LogP contribution in [-0.4, -0.2) is 11.4 Å². The molecule has 1 unspecified atom stereocenters. The number of rotatable bonds is 3. The van der Waals surface area contributed by atoms with E-state index in [0.717, 1.165) is 5.56 Å². The number of carbonyl (C=O) groups excluding carboxylic acids is 1. The van der Waals surface area contributed by atoms with Gasteiger partial charge in [0.2, 0.25) is 0 Å². The Morgan fingerprint density at radius 2 is 2.12 bits per heavy atom. The highest BCUT2D eigenvalue weighted by atomic mass is 32.1. The summed E-state index contributed by atoms with van der Waals surface area (Å²) in [6, 6.07) is 11.0. The minimum Gasteiger partial charge on any atom is -0.373 e. The number of aliphatic hydroxyl groups is 1. The van der Waals surface area contributed by atoms with Gasteiger partial charge >= 0.3 is 0 Å². The van der Waals surface area contributed by atoms with Crippen LogP contribution >= 0.6 is 11.3 Å². The largest absolute Gasteiger partial charge is 0.373 e. The molecule has 0 aliphatic heterocycles. The van der Waals surface area contributed by atoms with Crippen LogP contribution in [0.4, 0.5) is 0 Å². The van der Waals surface area contributed by atoms with Crippen LogP contribution in [0.25, 0.3) is 0 Å². The van der Waals surface area contributed by atoms with Gasteiger partial charge in [0.15, 0.2) is 11.9 Å². The lowest BCUT2D eigenvalue weighted by molar-refractivity contribution is -0.120. The van der Waals surface area contributed by atoms with E-state index in [1.807, 2.05) is 36.6 Å². The predicted octanol–water partition coefficient (Wildman–Crippen LogP) is 2.49. The lowest BCUT2D eigenvalue weighted by atomic mass is 9.92. The maximum absolute atomic E-state index is 11.2. The molecule has 2 aromatic rings. The number of aryl methyl sites for hydroxylation is 1. The molecule has 1 heterocycles. The van der Waals surface area contributed by atoms with E-state index in [2.05, 4.69) is 0 Å². The SMILES string of the molecule is Cc1cccc(C(O)(C=O)c2cccs2)c1. The molecule has 0 amide bonds. The molecule has 0 fully saturated rings. The number of benzene rings is 1. The zero-order chi connectivity index (χ0) is 11.6. The molecule has 0 spiro atoms. The van der Waals surface area contributed by atoms with Gasteiger partial charge in [-0.05, 0) is 23.9 Å². The van der Waals surface area contributed by atoms with Crippen molar-refractivity contribution in [3.8, 4) is 0 Å². The van der Waals surface area contributed by atoms with Crippen LogP contribution < -0.4 is 0 Å². The summed E-state index contributed by atoms with van der Waals surface area (Å²) in [6.07, 6.45) is 0.591. The smallest absolute Gasteiger partial charge is 0.179 e. The Morgan fingerprint density at radius 3 is 2.69 bits per heavy atom. The monoisotopic (exact) mass is 232 g/mol. The fraction of sp³-hybridized carbons (Fsp3) is 0.154. The normalized spacial score (nSPS) is 14.4. The first-order valence-electron chi connectivity index (χ1n) is 4.96. The van der Waals surface area contributed by atoms with Crippen molar-refractivity contribution in [2.45, 2.75) is 12.5 Å². The summed E-state index contributed by atoms with van der Waals surface area (Å²) in [5.74, 6) is 0. The van der Waals surface area contributed by atoms with Gasteiger partial charge in [-0.25, -0.2) is 0 Å². The van der Waals surface area contributed by atoms with Crippen LogP contribution in [0.5, 0.6) is 0 Å². The molecule has 0 saturated heterocycles. The van der Waals surface area contributed by atoms with Crippen molar-refractivity contribution in [1.29, 1.82) is 0 Å². The van der Waals surface area contributed by atoms with E-state index in [0.29, 0.717) is 16.7 Å². The molecule has 1 N–H and O–H groups in total. The molecule has 0 saturated carbocycles. The van der Waals surface area contributed by atoms with E-state index in [-0.39, 0.29) is 0 Å². The van der Waals surface area contributed by atoms with E-state index in [1.54, 1.807) is 12.1 Å². The van der Waals surface area contributed by atoms with Gasteiger partial charge in [0.25, 0.3) is 0 Å². The molecule has 1 atom stereocenters. The summed E-state index contributed by atoms with van der Waals surface area (Å²) in [7, 11) is 0. The van der Waals surface area contributed by atoms with Crippen molar-refractivity contribution in [3.05, 3.63) is 57.8 Å². The molecule has 0 aliphatic carbocycles. The zero-order valence-electron chi connectivity index (χ0n) is 8.88. The van der Waals surface area contributed by atoms with Crippen molar-refractivity contribution in [1.82, 2.24) is 0 Å². The molecule has 2 rings (SSSR count). The van der Waals surface area contributed by atoms with Crippen LogP contribution in [0.3, 0.4) is 0 Å². The Hall–Kier alpha value is -1.45. The minimum absolute atomic E-state index is 0.591. The lowest BCUT2D eigenvalue weighted by Gasteiger charge is -2.21. The second kappa shape index (κ2) is 4.20. The molecule has 1 aromatic heterocycles. The number of carbonyl (C=O) groups is 1. The Labute approximate surface area is 98.2 Å².